The minimum Gasteiger partial charge on any atom is -0.407 e. The number of carbonyl (C=O) groups excluding carboxylic acids is 1. The van der Waals surface area contributed by atoms with Crippen molar-refractivity contribution in [1.82, 2.24) is 20.8 Å². The molecule has 0 aliphatic carbocycles. The number of primary amides is 1. The zero-order chi connectivity index (χ0) is 11.1. The molecule has 0 atom stereocenters. The van der Waals surface area contributed by atoms with Gasteiger partial charge in [-0.05, 0) is 7.05 Å². The number of carbonyl (C=O) groups is 1. The lowest BCUT2D eigenvalue weighted by Gasteiger charge is -2.01. The molecule has 0 fully saturated rings. The van der Waals surface area contributed by atoms with Crippen molar-refractivity contribution >= 4 is 12.0 Å². The molecule has 8 heteroatoms. The number of amides is 2. The Labute approximate surface area is 86.6 Å². The van der Waals surface area contributed by atoms with Crippen LogP contribution in [0.2, 0.25) is 0 Å². The molecule has 0 saturated carbocycles. The summed E-state index contributed by atoms with van der Waals surface area (Å²) in [6.07, 6.45) is 0. The van der Waals surface area contributed by atoms with Crippen LogP contribution in [-0.4, -0.2) is 36.4 Å². The van der Waals surface area contributed by atoms with Crippen molar-refractivity contribution in [2.24, 2.45) is 5.73 Å². The quantitative estimate of drug-likeness (QED) is 0.445. The highest BCUT2D eigenvalue weighted by Crippen LogP contribution is 2.03. The van der Waals surface area contributed by atoms with Gasteiger partial charge >= 0.3 is 12.0 Å². The molecule has 1 aromatic heterocycles. The minimum atomic E-state index is -0.557. The summed E-state index contributed by atoms with van der Waals surface area (Å²) >= 11 is 0. The van der Waals surface area contributed by atoms with E-state index in [2.05, 4.69) is 26.1 Å². The highest BCUT2D eigenvalue weighted by molar-refractivity contribution is 5.71. The first kappa shape index (κ1) is 11.2. The Kier molecular flexibility index (Phi) is 4.35. The monoisotopic (exact) mass is 214 g/mol. The Bertz CT molecular complexity index is 312. The summed E-state index contributed by atoms with van der Waals surface area (Å²) in [5.41, 5.74) is 4.88. The molecule has 1 heterocycles. The molecular weight excluding hydrogens is 200 g/mol. The van der Waals surface area contributed by atoms with E-state index in [0.717, 1.165) is 0 Å². The Morgan fingerprint density at radius 1 is 1.47 bits per heavy atom. The Hall–Kier alpha value is -1.83. The van der Waals surface area contributed by atoms with Crippen molar-refractivity contribution in [3.05, 3.63) is 5.89 Å². The smallest absolute Gasteiger partial charge is 0.315 e. The zero-order valence-corrected chi connectivity index (χ0v) is 8.41. The van der Waals surface area contributed by atoms with Crippen LogP contribution in [0.1, 0.15) is 5.89 Å². The SMILES string of the molecule is CNCc1nnc(NCCNC(N)=O)o1. The fourth-order valence-corrected chi connectivity index (χ4v) is 0.903. The van der Waals surface area contributed by atoms with Crippen LogP contribution in [0, 0.1) is 0 Å². The first-order chi connectivity index (χ1) is 7.22. The molecule has 0 spiro atoms. The largest absolute Gasteiger partial charge is 0.407 e. The third-order valence-electron chi connectivity index (χ3n) is 1.50. The number of nitrogens with zero attached hydrogens (tertiary/aromatic N) is 2. The maximum atomic E-state index is 10.3. The van der Waals surface area contributed by atoms with Gasteiger partial charge in [-0.25, -0.2) is 4.79 Å². The molecule has 0 aliphatic rings. The number of rotatable bonds is 6. The number of anilines is 1. The van der Waals surface area contributed by atoms with Crippen LogP contribution in [0.25, 0.3) is 0 Å². The molecule has 1 rings (SSSR count). The number of aromatic nitrogens is 2. The molecule has 2 amide bonds. The Morgan fingerprint density at radius 3 is 2.93 bits per heavy atom. The molecule has 0 radical (unpaired) electrons. The van der Waals surface area contributed by atoms with Crippen LogP contribution in [-0.2, 0) is 6.54 Å². The van der Waals surface area contributed by atoms with E-state index >= 15 is 0 Å². The van der Waals surface area contributed by atoms with Crippen LogP contribution in [0.15, 0.2) is 4.42 Å². The van der Waals surface area contributed by atoms with Gasteiger partial charge in [-0.2, -0.15) is 0 Å². The fourth-order valence-electron chi connectivity index (χ4n) is 0.903. The van der Waals surface area contributed by atoms with Gasteiger partial charge in [0.05, 0.1) is 6.54 Å². The Balaban J connectivity index is 2.22. The first-order valence-corrected chi connectivity index (χ1v) is 4.46. The van der Waals surface area contributed by atoms with E-state index in [-0.39, 0.29) is 0 Å². The van der Waals surface area contributed by atoms with Gasteiger partial charge in [0, 0.05) is 13.1 Å². The molecule has 8 nitrogen and oxygen atoms in total. The van der Waals surface area contributed by atoms with E-state index in [4.69, 9.17) is 10.2 Å². The molecule has 5 N–H and O–H groups in total. The predicted molar refractivity (Wildman–Crippen MR) is 53.1 cm³/mol. The molecule has 15 heavy (non-hydrogen) atoms. The maximum absolute atomic E-state index is 10.3. The fraction of sp³-hybridized carbons (Fsp3) is 0.571. The topological polar surface area (TPSA) is 118 Å². The average molecular weight is 214 g/mol. The number of hydrogen-bond donors (Lipinski definition) is 4. The molecule has 0 unspecified atom stereocenters. The molecule has 0 saturated heterocycles. The van der Waals surface area contributed by atoms with Crippen LogP contribution in [0.3, 0.4) is 0 Å². The highest BCUT2D eigenvalue weighted by atomic mass is 16.4. The van der Waals surface area contributed by atoms with Gasteiger partial charge in [-0.1, -0.05) is 5.10 Å². The molecule has 84 valence electrons. The van der Waals surface area contributed by atoms with Gasteiger partial charge in [0.15, 0.2) is 0 Å². The summed E-state index contributed by atoms with van der Waals surface area (Å²) in [6, 6.07) is -0.232. The van der Waals surface area contributed by atoms with E-state index in [1.807, 2.05) is 0 Å². The Morgan fingerprint density at radius 2 is 2.27 bits per heavy atom. The molecule has 0 aliphatic heterocycles. The molecule has 1 aromatic rings. The standard InChI is InChI=1S/C7H14N6O2/c1-9-4-5-12-13-7(15-5)11-3-2-10-6(8)14/h9H,2-4H2,1H3,(H,11,13)(H3,8,10,14). The lowest BCUT2D eigenvalue weighted by molar-refractivity contribution is 0.249. The number of nitrogens with two attached hydrogens (primary N) is 1. The summed E-state index contributed by atoms with van der Waals surface area (Å²) in [5, 5.41) is 15.7. The van der Waals surface area contributed by atoms with Crippen molar-refractivity contribution in [2.45, 2.75) is 6.54 Å². The van der Waals surface area contributed by atoms with E-state index < -0.39 is 6.03 Å². The van der Waals surface area contributed by atoms with Crippen molar-refractivity contribution in [2.75, 3.05) is 25.5 Å². The second-order valence-corrected chi connectivity index (χ2v) is 2.75. The second-order valence-electron chi connectivity index (χ2n) is 2.75. The summed E-state index contributed by atoms with van der Waals surface area (Å²) in [7, 11) is 1.79. The predicted octanol–water partition coefficient (Wildman–Crippen LogP) is -1.13. The normalized spacial score (nSPS) is 9.93. The van der Waals surface area contributed by atoms with Gasteiger partial charge in [-0.15, -0.1) is 5.10 Å². The van der Waals surface area contributed by atoms with Gasteiger partial charge in [0.25, 0.3) is 0 Å². The summed E-state index contributed by atoms with van der Waals surface area (Å²) in [4.78, 5) is 10.3. The van der Waals surface area contributed by atoms with E-state index in [1.165, 1.54) is 0 Å². The van der Waals surface area contributed by atoms with E-state index in [1.54, 1.807) is 7.05 Å². The van der Waals surface area contributed by atoms with Gasteiger partial charge in [0.1, 0.15) is 0 Å². The van der Waals surface area contributed by atoms with Crippen LogP contribution >= 0.6 is 0 Å². The minimum absolute atomic E-state index is 0.325. The average Bonchev–Trinajstić information content (AvgIpc) is 2.61. The first-order valence-electron chi connectivity index (χ1n) is 4.46. The van der Waals surface area contributed by atoms with Gasteiger partial charge in [-0.3, -0.25) is 0 Å². The van der Waals surface area contributed by atoms with Crippen LogP contribution in [0.4, 0.5) is 10.8 Å². The lowest BCUT2D eigenvalue weighted by Crippen LogP contribution is -2.33. The molecular formula is C7H14N6O2. The van der Waals surface area contributed by atoms with Crippen molar-refractivity contribution in [1.29, 1.82) is 0 Å². The van der Waals surface area contributed by atoms with E-state index in [9.17, 15) is 4.79 Å². The maximum Gasteiger partial charge on any atom is 0.315 e. The van der Waals surface area contributed by atoms with Gasteiger partial charge < -0.3 is 26.1 Å². The number of nitrogens with one attached hydrogen (secondary N) is 3. The third kappa shape index (κ3) is 4.27. The van der Waals surface area contributed by atoms with Crippen molar-refractivity contribution in [3.63, 3.8) is 0 Å². The molecule has 0 bridgehead atoms. The van der Waals surface area contributed by atoms with Crippen molar-refractivity contribution < 1.29 is 9.21 Å². The van der Waals surface area contributed by atoms with Crippen LogP contribution in [0.5, 0.6) is 0 Å². The second kappa shape index (κ2) is 5.81. The third-order valence-corrected chi connectivity index (χ3v) is 1.50. The van der Waals surface area contributed by atoms with Crippen molar-refractivity contribution in [3.8, 4) is 0 Å². The number of hydrogen-bond acceptors (Lipinski definition) is 6. The van der Waals surface area contributed by atoms with Crippen LogP contribution < -0.4 is 21.7 Å². The number of urea groups is 1. The summed E-state index contributed by atoms with van der Waals surface area (Å²) < 4.78 is 5.19. The van der Waals surface area contributed by atoms with E-state index in [0.29, 0.717) is 31.5 Å². The molecule has 0 aromatic carbocycles. The van der Waals surface area contributed by atoms with Gasteiger partial charge in [0.2, 0.25) is 5.89 Å². The highest BCUT2D eigenvalue weighted by Gasteiger charge is 2.03. The zero-order valence-electron chi connectivity index (χ0n) is 8.41. The lowest BCUT2D eigenvalue weighted by atomic mass is 10.6. The summed E-state index contributed by atoms with van der Waals surface area (Å²) in [6.45, 7) is 1.40. The summed E-state index contributed by atoms with van der Waals surface area (Å²) in [5.74, 6) is 0.503.